The third kappa shape index (κ3) is 3.55. The third-order valence-electron chi connectivity index (χ3n) is 2.95. The van der Waals surface area contributed by atoms with E-state index >= 15 is 0 Å². The molecule has 0 fully saturated rings. The largest absolute Gasteiger partial charge is 0.396 e. The fraction of sp³-hybridized carbons (Fsp3) is 0.133. The van der Waals surface area contributed by atoms with Gasteiger partial charge in [-0.3, -0.25) is 4.79 Å². The highest BCUT2D eigenvalue weighted by molar-refractivity contribution is 6.04. The molecule has 0 aliphatic carbocycles. The van der Waals surface area contributed by atoms with E-state index < -0.39 is 23.2 Å². The minimum Gasteiger partial charge on any atom is -0.396 e. The molecule has 2 rings (SSSR count). The monoisotopic (exact) mass is 292 g/mol. The second-order valence-electron chi connectivity index (χ2n) is 4.48. The second-order valence-corrected chi connectivity index (χ2v) is 4.48. The summed E-state index contributed by atoms with van der Waals surface area (Å²) in [4.78, 5) is 11.9. The highest BCUT2D eigenvalue weighted by atomic mass is 19.1. The first-order chi connectivity index (χ1) is 10.0. The Morgan fingerprint density at radius 1 is 1.14 bits per heavy atom. The van der Waals surface area contributed by atoms with E-state index in [2.05, 4.69) is 5.32 Å². The van der Waals surface area contributed by atoms with E-state index in [1.165, 1.54) is 0 Å². The number of benzene rings is 2. The number of nitrogens with one attached hydrogen (secondary N) is 1. The highest BCUT2D eigenvalue weighted by Gasteiger charge is 2.13. The Morgan fingerprint density at radius 3 is 2.24 bits per heavy atom. The Hall–Kier alpha value is -2.47. The summed E-state index contributed by atoms with van der Waals surface area (Å²) in [5.74, 6) is -2.58. The molecule has 0 aromatic heterocycles. The van der Waals surface area contributed by atoms with Crippen molar-refractivity contribution in [2.75, 3.05) is 17.7 Å². The van der Waals surface area contributed by atoms with Crippen molar-refractivity contribution in [3.05, 3.63) is 59.2 Å². The molecule has 0 unspecified atom stereocenters. The van der Waals surface area contributed by atoms with E-state index in [1.54, 1.807) is 24.3 Å². The fourth-order valence-electron chi connectivity index (χ4n) is 1.80. The number of amides is 1. The van der Waals surface area contributed by atoms with Crippen molar-refractivity contribution < 1.29 is 18.7 Å². The van der Waals surface area contributed by atoms with Crippen LogP contribution >= 0.6 is 0 Å². The summed E-state index contributed by atoms with van der Waals surface area (Å²) in [7, 11) is 0. The van der Waals surface area contributed by atoms with Gasteiger partial charge in [0.15, 0.2) is 0 Å². The second kappa shape index (κ2) is 6.32. The maximum absolute atomic E-state index is 13.3. The first-order valence-electron chi connectivity index (χ1n) is 6.27. The number of halogens is 2. The molecule has 1 amide bonds. The van der Waals surface area contributed by atoms with Gasteiger partial charge in [0.1, 0.15) is 17.3 Å². The topological polar surface area (TPSA) is 75.4 Å². The minimum absolute atomic E-state index is 0.0374. The summed E-state index contributed by atoms with van der Waals surface area (Å²) >= 11 is 0. The van der Waals surface area contributed by atoms with Crippen molar-refractivity contribution in [2.45, 2.75) is 6.42 Å². The van der Waals surface area contributed by atoms with Gasteiger partial charge >= 0.3 is 0 Å². The zero-order chi connectivity index (χ0) is 15.4. The van der Waals surface area contributed by atoms with Crippen molar-refractivity contribution in [3.8, 4) is 0 Å². The van der Waals surface area contributed by atoms with Gasteiger partial charge in [-0.2, -0.15) is 0 Å². The van der Waals surface area contributed by atoms with Crippen molar-refractivity contribution in [1.29, 1.82) is 0 Å². The maximum Gasteiger partial charge on any atom is 0.255 e. The molecule has 2 aromatic rings. The summed E-state index contributed by atoms with van der Waals surface area (Å²) in [5.41, 5.74) is 5.78. The Morgan fingerprint density at radius 2 is 1.71 bits per heavy atom. The van der Waals surface area contributed by atoms with E-state index in [0.717, 1.165) is 17.7 Å². The fourth-order valence-corrected chi connectivity index (χ4v) is 1.80. The maximum atomic E-state index is 13.3. The molecular formula is C15H14F2N2O2. The Labute approximate surface area is 120 Å². The minimum atomic E-state index is -0.974. The lowest BCUT2D eigenvalue weighted by Crippen LogP contribution is -2.13. The number of hydrogen-bond acceptors (Lipinski definition) is 3. The molecule has 0 heterocycles. The predicted molar refractivity (Wildman–Crippen MR) is 76.0 cm³/mol. The number of carbonyl (C=O) groups is 1. The first kappa shape index (κ1) is 14.9. The van der Waals surface area contributed by atoms with Crippen LogP contribution < -0.4 is 11.1 Å². The lowest BCUT2D eigenvalue weighted by Gasteiger charge is -2.07. The van der Waals surface area contributed by atoms with Crippen LogP contribution in [-0.2, 0) is 6.42 Å². The molecule has 0 aliphatic heterocycles. The normalized spacial score (nSPS) is 10.4. The lowest BCUT2D eigenvalue weighted by atomic mass is 10.1. The van der Waals surface area contributed by atoms with Crippen molar-refractivity contribution >= 4 is 17.3 Å². The van der Waals surface area contributed by atoms with Crippen LogP contribution in [0.4, 0.5) is 20.2 Å². The Bertz CT molecular complexity index is 634. The van der Waals surface area contributed by atoms with Gasteiger partial charge in [-0.15, -0.1) is 0 Å². The molecule has 0 atom stereocenters. The van der Waals surface area contributed by atoms with Crippen LogP contribution in [0.2, 0.25) is 0 Å². The molecule has 0 aliphatic rings. The van der Waals surface area contributed by atoms with Crippen LogP contribution in [0.5, 0.6) is 0 Å². The van der Waals surface area contributed by atoms with Gasteiger partial charge in [0, 0.05) is 17.9 Å². The molecule has 4 N–H and O–H groups in total. The lowest BCUT2D eigenvalue weighted by molar-refractivity contribution is 0.102. The predicted octanol–water partition coefficient (Wildman–Crippen LogP) is 2.33. The average Bonchev–Trinajstić information content (AvgIpc) is 2.46. The standard InChI is InChI=1S/C15H14F2N2O2/c16-12-7-10(8-13(17)14(12)18)15(21)19-11-3-1-9(2-4-11)5-6-20/h1-4,7-8,20H,5-6,18H2,(H,19,21). The molecule has 110 valence electrons. The quantitative estimate of drug-likeness (QED) is 0.757. The summed E-state index contributed by atoms with van der Waals surface area (Å²) < 4.78 is 26.6. The molecule has 21 heavy (non-hydrogen) atoms. The molecule has 6 heteroatoms. The summed E-state index contributed by atoms with van der Waals surface area (Å²) in [6.07, 6.45) is 0.516. The summed E-state index contributed by atoms with van der Waals surface area (Å²) in [6.45, 7) is 0.0374. The van der Waals surface area contributed by atoms with Gasteiger partial charge in [-0.25, -0.2) is 8.78 Å². The Kier molecular flexibility index (Phi) is 4.49. The number of aliphatic hydroxyl groups is 1. The van der Waals surface area contributed by atoms with Crippen LogP contribution in [0.25, 0.3) is 0 Å². The van der Waals surface area contributed by atoms with E-state index in [4.69, 9.17) is 10.8 Å². The molecule has 4 nitrogen and oxygen atoms in total. The molecule has 0 saturated carbocycles. The van der Waals surface area contributed by atoms with Crippen LogP contribution in [0, 0.1) is 11.6 Å². The third-order valence-corrected chi connectivity index (χ3v) is 2.95. The molecule has 0 saturated heterocycles. The molecule has 2 aromatic carbocycles. The van der Waals surface area contributed by atoms with Crippen molar-refractivity contribution in [2.24, 2.45) is 0 Å². The highest BCUT2D eigenvalue weighted by Crippen LogP contribution is 2.18. The van der Waals surface area contributed by atoms with Crippen molar-refractivity contribution in [1.82, 2.24) is 0 Å². The van der Waals surface area contributed by atoms with Gasteiger partial charge < -0.3 is 16.2 Å². The van der Waals surface area contributed by atoms with Crippen LogP contribution in [0.1, 0.15) is 15.9 Å². The van der Waals surface area contributed by atoms with Crippen LogP contribution in [0.3, 0.4) is 0 Å². The van der Waals surface area contributed by atoms with Gasteiger partial charge in [0.05, 0.1) is 0 Å². The van der Waals surface area contributed by atoms with E-state index in [-0.39, 0.29) is 12.2 Å². The zero-order valence-corrected chi connectivity index (χ0v) is 11.1. The Balaban J connectivity index is 2.14. The van der Waals surface area contributed by atoms with E-state index in [9.17, 15) is 13.6 Å². The summed E-state index contributed by atoms with van der Waals surface area (Å²) in [6, 6.07) is 8.55. The van der Waals surface area contributed by atoms with Crippen LogP contribution in [0.15, 0.2) is 36.4 Å². The van der Waals surface area contributed by atoms with Gasteiger partial charge in [-0.1, -0.05) is 12.1 Å². The SMILES string of the molecule is Nc1c(F)cc(C(=O)Nc2ccc(CCO)cc2)cc1F. The van der Waals surface area contributed by atoms with Gasteiger partial charge in [-0.05, 0) is 36.2 Å². The van der Waals surface area contributed by atoms with E-state index in [1.807, 2.05) is 0 Å². The molecular weight excluding hydrogens is 278 g/mol. The molecule has 0 bridgehead atoms. The van der Waals surface area contributed by atoms with Gasteiger partial charge in [0.25, 0.3) is 5.91 Å². The number of nitrogen functional groups attached to an aromatic ring is 1. The number of aliphatic hydroxyl groups excluding tert-OH is 1. The molecule has 0 spiro atoms. The number of hydrogen-bond donors (Lipinski definition) is 3. The smallest absolute Gasteiger partial charge is 0.255 e. The number of nitrogens with two attached hydrogens (primary N) is 1. The zero-order valence-electron chi connectivity index (χ0n) is 11.1. The van der Waals surface area contributed by atoms with E-state index in [0.29, 0.717) is 12.1 Å². The van der Waals surface area contributed by atoms with Crippen LogP contribution in [-0.4, -0.2) is 17.6 Å². The summed E-state index contributed by atoms with van der Waals surface area (Å²) in [5, 5.41) is 11.3. The molecule has 0 radical (unpaired) electrons. The average molecular weight is 292 g/mol. The number of rotatable bonds is 4. The number of carbonyl (C=O) groups excluding carboxylic acids is 1. The van der Waals surface area contributed by atoms with Gasteiger partial charge in [0.2, 0.25) is 0 Å². The number of anilines is 2. The first-order valence-corrected chi connectivity index (χ1v) is 6.27. The van der Waals surface area contributed by atoms with Crippen molar-refractivity contribution in [3.63, 3.8) is 0 Å².